The highest BCUT2D eigenvalue weighted by molar-refractivity contribution is 7.73. The van der Waals surface area contributed by atoms with Crippen molar-refractivity contribution in [1.82, 2.24) is 0 Å². The molecule has 0 saturated heterocycles. The molecule has 0 N–H and O–H groups in total. The Kier molecular flexibility index (Phi) is 35.8. The Bertz CT molecular complexity index is 389. The van der Waals surface area contributed by atoms with Crippen molar-refractivity contribution in [1.29, 1.82) is 0 Å². The van der Waals surface area contributed by atoms with E-state index in [0.29, 0.717) is 0 Å². The standard InChI is InChI=1S/C35H74P.BrH/c1-5-6-7-8-9-10-11-12-13-14-15-16-17-18-19-20-21-22-23-24-25-26-27-28-29-30-31-32-33-34-35-36(2,3)4;/h5-35H2,1-4H3;1H/q+1;/p-1. The van der Waals surface area contributed by atoms with Gasteiger partial charge in [-0.1, -0.05) is 187 Å². The lowest BCUT2D eigenvalue weighted by molar-refractivity contribution is -0.00000828. The molecule has 37 heavy (non-hydrogen) atoms. The maximum absolute atomic E-state index is 2.48. The van der Waals surface area contributed by atoms with Crippen LogP contribution in [0.4, 0.5) is 0 Å². The van der Waals surface area contributed by atoms with Crippen molar-refractivity contribution in [2.45, 2.75) is 200 Å². The SMILES string of the molecule is CCCCCCCCCCCCCCCCCCCCCCCCCCCCCCCC[P+](C)(C)C.[Br-]. The van der Waals surface area contributed by atoms with Gasteiger partial charge in [0.1, 0.15) is 0 Å². The minimum atomic E-state index is -0.518. The molecule has 0 heterocycles. The maximum Gasteiger partial charge on any atom is 0.0586 e. The fraction of sp³-hybridized carbons (Fsp3) is 1.00. The van der Waals surface area contributed by atoms with Gasteiger partial charge in [0.2, 0.25) is 0 Å². The Hall–Kier alpha value is 0.910. The van der Waals surface area contributed by atoms with E-state index in [2.05, 4.69) is 26.9 Å². The average Bonchev–Trinajstić information content (AvgIpc) is 2.84. The molecule has 0 aromatic carbocycles. The van der Waals surface area contributed by atoms with Gasteiger partial charge in [-0.15, -0.1) is 0 Å². The molecule has 0 aromatic rings. The molecule has 0 fully saturated rings. The molecule has 0 atom stereocenters. The molecule has 0 aliphatic carbocycles. The topological polar surface area (TPSA) is 0 Å². The van der Waals surface area contributed by atoms with Gasteiger partial charge in [0.05, 0.1) is 6.16 Å². The average molecular weight is 606 g/mol. The summed E-state index contributed by atoms with van der Waals surface area (Å²) in [6.45, 7) is 9.75. The van der Waals surface area contributed by atoms with E-state index in [-0.39, 0.29) is 17.0 Å². The number of unbranched alkanes of at least 4 members (excludes halogenated alkanes) is 29. The maximum atomic E-state index is 2.48. The third-order valence-electron chi connectivity index (χ3n) is 8.18. The molecule has 0 radical (unpaired) electrons. The largest absolute Gasteiger partial charge is 1.00 e. The molecule has 0 bridgehead atoms. The Morgan fingerprint density at radius 3 is 0.595 bits per heavy atom. The molecule has 0 unspecified atom stereocenters. The monoisotopic (exact) mass is 604 g/mol. The summed E-state index contributed by atoms with van der Waals surface area (Å²) in [5.41, 5.74) is 0. The summed E-state index contributed by atoms with van der Waals surface area (Å²) >= 11 is 0. The fourth-order valence-corrected chi connectivity index (χ4v) is 6.78. The molecular formula is C35H74BrP. The van der Waals surface area contributed by atoms with Crippen LogP contribution in [0.15, 0.2) is 0 Å². The lowest BCUT2D eigenvalue weighted by Gasteiger charge is -2.10. The zero-order valence-electron chi connectivity index (χ0n) is 26.7. The number of hydrogen-bond donors (Lipinski definition) is 0. The van der Waals surface area contributed by atoms with E-state index in [0.717, 1.165) is 0 Å². The van der Waals surface area contributed by atoms with Crippen molar-refractivity contribution >= 4 is 7.26 Å². The van der Waals surface area contributed by atoms with Crippen molar-refractivity contribution in [3.63, 3.8) is 0 Å². The number of hydrogen-bond acceptors (Lipinski definition) is 0. The van der Waals surface area contributed by atoms with Gasteiger partial charge in [0, 0.05) is 27.3 Å². The molecule has 0 aliphatic rings. The van der Waals surface area contributed by atoms with Gasteiger partial charge in [-0.2, -0.15) is 0 Å². The highest BCUT2D eigenvalue weighted by Crippen LogP contribution is 2.47. The highest BCUT2D eigenvalue weighted by atomic mass is 79.9. The smallest absolute Gasteiger partial charge is 0.0586 e. The van der Waals surface area contributed by atoms with Crippen LogP contribution in [0.25, 0.3) is 0 Å². The summed E-state index contributed by atoms with van der Waals surface area (Å²) in [6.07, 6.45) is 46.1. The molecule has 0 aromatic heterocycles. The quantitative estimate of drug-likeness (QED) is 0.0545. The lowest BCUT2D eigenvalue weighted by Crippen LogP contribution is -3.00. The van der Waals surface area contributed by atoms with E-state index in [1.165, 1.54) is 199 Å². The molecule has 226 valence electrons. The minimum absolute atomic E-state index is 0. The van der Waals surface area contributed by atoms with E-state index >= 15 is 0 Å². The predicted octanol–water partition coefficient (Wildman–Crippen LogP) is 10.6. The third kappa shape index (κ3) is 39.1. The van der Waals surface area contributed by atoms with Crippen LogP contribution in [0.1, 0.15) is 200 Å². The first kappa shape index (κ1) is 40.1. The Balaban J connectivity index is 0. The van der Waals surface area contributed by atoms with Gasteiger partial charge >= 0.3 is 0 Å². The van der Waals surface area contributed by atoms with Crippen LogP contribution in [0.3, 0.4) is 0 Å². The van der Waals surface area contributed by atoms with Crippen LogP contribution in [-0.2, 0) is 0 Å². The van der Waals surface area contributed by atoms with Crippen LogP contribution >= 0.6 is 7.26 Å². The van der Waals surface area contributed by atoms with Gasteiger partial charge in [-0.25, -0.2) is 0 Å². The predicted molar refractivity (Wildman–Crippen MR) is 174 cm³/mol. The van der Waals surface area contributed by atoms with E-state index in [4.69, 9.17) is 0 Å². The molecule has 0 nitrogen and oxygen atoms in total. The van der Waals surface area contributed by atoms with Gasteiger partial charge in [-0.05, 0) is 12.8 Å². The molecule has 0 aliphatic heterocycles. The van der Waals surface area contributed by atoms with Gasteiger partial charge in [-0.3, -0.25) is 0 Å². The molecule has 0 amide bonds. The zero-order valence-corrected chi connectivity index (χ0v) is 29.2. The molecule has 2 heteroatoms. The van der Waals surface area contributed by atoms with Gasteiger partial charge < -0.3 is 17.0 Å². The van der Waals surface area contributed by atoms with E-state index in [1.54, 1.807) is 0 Å². The summed E-state index contributed by atoms with van der Waals surface area (Å²) in [7, 11) is -0.518. The first-order valence-electron chi connectivity index (χ1n) is 17.4. The highest BCUT2D eigenvalue weighted by Gasteiger charge is 2.15. The second-order valence-corrected chi connectivity index (χ2v) is 18.3. The normalized spacial score (nSPS) is 11.7. The minimum Gasteiger partial charge on any atom is -1.00 e. The van der Waals surface area contributed by atoms with E-state index in [1.807, 2.05) is 0 Å². The zero-order chi connectivity index (χ0) is 26.4. The summed E-state index contributed by atoms with van der Waals surface area (Å²) in [5.74, 6) is 0. The summed E-state index contributed by atoms with van der Waals surface area (Å²) in [5, 5.41) is 0. The van der Waals surface area contributed by atoms with Crippen LogP contribution < -0.4 is 17.0 Å². The van der Waals surface area contributed by atoms with Crippen molar-refractivity contribution < 1.29 is 17.0 Å². The second kappa shape index (κ2) is 33.1. The van der Waals surface area contributed by atoms with Crippen molar-refractivity contribution in [2.24, 2.45) is 0 Å². The summed E-state index contributed by atoms with van der Waals surface area (Å²) in [6, 6.07) is 0. The first-order valence-corrected chi connectivity index (χ1v) is 20.7. The molecule has 0 spiro atoms. The van der Waals surface area contributed by atoms with Crippen molar-refractivity contribution in [2.75, 3.05) is 26.2 Å². The van der Waals surface area contributed by atoms with Crippen molar-refractivity contribution in [3.05, 3.63) is 0 Å². The molecule has 0 rings (SSSR count). The van der Waals surface area contributed by atoms with Gasteiger partial charge in [0.25, 0.3) is 0 Å². The fourth-order valence-electron chi connectivity index (χ4n) is 5.61. The number of halogens is 1. The number of rotatable bonds is 31. The Labute approximate surface area is 249 Å². The van der Waals surface area contributed by atoms with Crippen molar-refractivity contribution in [3.8, 4) is 0 Å². The Morgan fingerprint density at radius 1 is 0.270 bits per heavy atom. The van der Waals surface area contributed by atoms with E-state index in [9.17, 15) is 0 Å². The Morgan fingerprint density at radius 2 is 0.432 bits per heavy atom. The molecule has 0 saturated carbocycles. The van der Waals surface area contributed by atoms with Gasteiger partial charge in [0.15, 0.2) is 0 Å². The first-order chi connectivity index (χ1) is 17.6. The summed E-state index contributed by atoms with van der Waals surface area (Å²) in [4.78, 5) is 0. The second-order valence-electron chi connectivity index (χ2n) is 13.3. The van der Waals surface area contributed by atoms with Crippen LogP contribution in [-0.4, -0.2) is 26.2 Å². The van der Waals surface area contributed by atoms with Crippen LogP contribution in [0.2, 0.25) is 0 Å². The summed E-state index contributed by atoms with van der Waals surface area (Å²) < 4.78 is 0. The lowest BCUT2D eigenvalue weighted by atomic mass is 10.0. The molecular weight excluding hydrogens is 531 g/mol. The third-order valence-corrected chi connectivity index (χ3v) is 9.84. The van der Waals surface area contributed by atoms with Crippen LogP contribution in [0, 0.1) is 0 Å². The van der Waals surface area contributed by atoms with E-state index < -0.39 is 7.26 Å². The van der Waals surface area contributed by atoms with Crippen LogP contribution in [0.5, 0.6) is 0 Å².